The maximum atomic E-state index is 10.4. The normalized spacial score (nSPS) is 12.5. The highest BCUT2D eigenvalue weighted by Crippen LogP contribution is 2.27. The second kappa shape index (κ2) is 6.08. The molecule has 2 aromatic rings. The monoisotopic (exact) mass is 338 g/mol. The highest BCUT2D eigenvalue weighted by Gasteiger charge is 2.13. The maximum Gasteiger partial charge on any atom is 0.0833 e. The third-order valence-electron chi connectivity index (χ3n) is 3.25. The van der Waals surface area contributed by atoms with E-state index in [1.54, 1.807) is 0 Å². The molecule has 0 aliphatic heterocycles. The summed E-state index contributed by atoms with van der Waals surface area (Å²) in [6.45, 7) is 3.93. The lowest BCUT2D eigenvalue weighted by molar-refractivity contribution is 0.177. The molecule has 0 aliphatic carbocycles. The van der Waals surface area contributed by atoms with Gasteiger partial charge < -0.3 is 5.11 Å². The molecule has 0 heterocycles. The Morgan fingerprint density at radius 2 is 1.74 bits per heavy atom. The van der Waals surface area contributed by atoms with Gasteiger partial charge >= 0.3 is 0 Å². The van der Waals surface area contributed by atoms with Crippen LogP contribution in [0.25, 0.3) is 0 Å². The van der Waals surface area contributed by atoms with E-state index in [1.165, 1.54) is 0 Å². The van der Waals surface area contributed by atoms with Gasteiger partial charge in [0.15, 0.2) is 0 Å². The van der Waals surface area contributed by atoms with Crippen LogP contribution in [-0.2, 0) is 6.42 Å². The molecule has 1 nitrogen and oxygen atoms in total. The zero-order valence-corrected chi connectivity index (χ0v) is 13.3. The number of aliphatic hydroxyl groups excluding tert-OH is 1. The van der Waals surface area contributed by atoms with Crippen molar-refractivity contribution in [3.8, 4) is 0 Å². The van der Waals surface area contributed by atoms with Gasteiger partial charge in [-0.1, -0.05) is 45.7 Å². The van der Waals surface area contributed by atoms with Crippen molar-refractivity contribution in [2.45, 2.75) is 26.4 Å². The number of rotatable bonds is 3. The van der Waals surface area contributed by atoms with E-state index in [0.717, 1.165) is 31.7 Å². The van der Waals surface area contributed by atoms with Crippen LogP contribution >= 0.6 is 27.5 Å². The van der Waals surface area contributed by atoms with Crippen molar-refractivity contribution in [2.24, 2.45) is 0 Å². The quantitative estimate of drug-likeness (QED) is 0.834. The van der Waals surface area contributed by atoms with Crippen molar-refractivity contribution >= 4 is 27.5 Å². The summed E-state index contributed by atoms with van der Waals surface area (Å²) in [7, 11) is 0. The van der Waals surface area contributed by atoms with Gasteiger partial charge in [0.05, 0.1) is 6.10 Å². The van der Waals surface area contributed by atoms with Crippen LogP contribution in [0.1, 0.15) is 28.4 Å². The summed E-state index contributed by atoms with van der Waals surface area (Å²) in [5, 5.41) is 11.1. The topological polar surface area (TPSA) is 20.2 Å². The van der Waals surface area contributed by atoms with Crippen molar-refractivity contribution in [2.75, 3.05) is 0 Å². The van der Waals surface area contributed by atoms with Crippen molar-refractivity contribution in [1.82, 2.24) is 0 Å². The first-order valence-electron chi connectivity index (χ1n) is 6.16. The molecule has 1 atom stereocenters. The maximum absolute atomic E-state index is 10.4. The first-order chi connectivity index (χ1) is 8.97. The smallest absolute Gasteiger partial charge is 0.0833 e. The SMILES string of the molecule is Cc1cc(C(O)Cc2ccc(Br)cc2)c(C)cc1Cl. The lowest BCUT2D eigenvalue weighted by Crippen LogP contribution is -2.04. The van der Waals surface area contributed by atoms with Crippen LogP contribution in [0.2, 0.25) is 5.02 Å². The summed E-state index contributed by atoms with van der Waals surface area (Å²) in [5.74, 6) is 0. The molecule has 19 heavy (non-hydrogen) atoms. The molecule has 2 aromatic carbocycles. The molecular weight excluding hydrogens is 324 g/mol. The Labute approximate surface area is 127 Å². The largest absolute Gasteiger partial charge is 0.388 e. The van der Waals surface area contributed by atoms with Gasteiger partial charge in [-0.25, -0.2) is 0 Å². The minimum absolute atomic E-state index is 0.503. The van der Waals surface area contributed by atoms with E-state index in [4.69, 9.17) is 11.6 Å². The predicted molar refractivity (Wildman–Crippen MR) is 83.7 cm³/mol. The Balaban J connectivity index is 2.22. The van der Waals surface area contributed by atoms with Crippen LogP contribution in [0, 0.1) is 13.8 Å². The van der Waals surface area contributed by atoms with Gasteiger partial charge in [-0.2, -0.15) is 0 Å². The van der Waals surface area contributed by atoms with E-state index < -0.39 is 6.10 Å². The van der Waals surface area contributed by atoms with E-state index in [-0.39, 0.29) is 0 Å². The van der Waals surface area contributed by atoms with Crippen LogP contribution in [0.5, 0.6) is 0 Å². The van der Waals surface area contributed by atoms with E-state index in [0.29, 0.717) is 6.42 Å². The number of hydrogen-bond donors (Lipinski definition) is 1. The van der Waals surface area contributed by atoms with E-state index in [9.17, 15) is 5.11 Å². The van der Waals surface area contributed by atoms with Gasteiger partial charge in [-0.05, 0) is 54.3 Å². The lowest BCUT2D eigenvalue weighted by Gasteiger charge is -2.15. The van der Waals surface area contributed by atoms with Gasteiger partial charge in [0, 0.05) is 15.9 Å². The summed E-state index contributed by atoms with van der Waals surface area (Å²) < 4.78 is 1.05. The molecule has 2 rings (SSSR count). The van der Waals surface area contributed by atoms with E-state index in [1.807, 2.05) is 50.2 Å². The van der Waals surface area contributed by atoms with E-state index in [2.05, 4.69) is 15.9 Å². The molecular formula is C16H16BrClO. The fourth-order valence-corrected chi connectivity index (χ4v) is 2.60. The van der Waals surface area contributed by atoms with Crippen LogP contribution in [0.3, 0.4) is 0 Å². The molecule has 0 saturated carbocycles. The molecule has 0 aromatic heterocycles. The van der Waals surface area contributed by atoms with Gasteiger partial charge in [0.2, 0.25) is 0 Å². The van der Waals surface area contributed by atoms with Crippen molar-refractivity contribution < 1.29 is 5.11 Å². The van der Waals surface area contributed by atoms with Crippen molar-refractivity contribution in [3.05, 3.63) is 68.1 Å². The second-order valence-electron chi connectivity index (χ2n) is 4.80. The Morgan fingerprint density at radius 1 is 1.11 bits per heavy atom. The summed E-state index contributed by atoms with van der Waals surface area (Å²) in [6.07, 6.45) is 0.104. The molecule has 0 spiro atoms. The number of aliphatic hydroxyl groups is 1. The third kappa shape index (κ3) is 3.59. The highest BCUT2D eigenvalue weighted by molar-refractivity contribution is 9.10. The minimum atomic E-state index is -0.503. The molecule has 0 saturated heterocycles. The Hall–Kier alpha value is -0.830. The van der Waals surface area contributed by atoms with Gasteiger partial charge in [0.1, 0.15) is 0 Å². The zero-order chi connectivity index (χ0) is 14.0. The Morgan fingerprint density at radius 3 is 2.37 bits per heavy atom. The molecule has 0 aliphatic rings. The molecule has 0 bridgehead atoms. The summed E-state index contributed by atoms with van der Waals surface area (Å²) >= 11 is 9.49. The lowest BCUT2D eigenvalue weighted by atomic mass is 9.96. The van der Waals surface area contributed by atoms with Crippen LogP contribution in [0.15, 0.2) is 40.9 Å². The fraction of sp³-hybridized carbons (Fsp3) is 0.250. The minimum Gasteiger partial charge on any atom is -0.388 e. The fourth-order valence-electron chi connectivity index (χ4n) is 2.12. The number of hydrogen-bond acceptors (Lipinski definition) is 1. The zero-order valence-electron chi connectivity index (χ0n) is 11.0. The van der Waals surface area contributed by atoms with Crippen molar-refractivity contribution in [1.29, 1.82) is 0 Å². The van der Waals surface area contributed by atoms with Crippen LogP contribution in [-0.4, -0.2) is 5.11 Å². The molecule has 3 heteroatoms. The molecule has 0 radical (unpaired) electrons. The van der Waals surface area contributed by atoms with Crippen LogP contribution < -0.4 is 0 Å². The van der Waals surface area contributed by atoms with Gasteiger partial charge in [-0.15, -0.1) is 0 Å². The number of aryl methyl sites for hydroxylation is 2. The molecule has 0 amide bonds. The standard InChI is InChI=1S/C16H16BrClO/c1-10-8-15(18)11(2)7-14(10)16(19)9-12-3-5-13(17)6-4-12/h3-8,16,19H,9H2,1-2H3. The van der Waals surface area contributed by atoms with E-state index >= 15 is 0 Å². The number of benzene rings is 2. The Bertz CT molecular complexity index is 578. The predicted octanol–water partition coefficient (Wildman–Crippen LogP) is 5.00. The highest BCUT2D eigenvalue weighted by atomic mass is 79.9. The summed E-state index contributed by atoms with van der Waals surface area (Å²) in [6, 6.07) is 11.9. The molecule has 1 unspecified atom stereocenters. The van der Waals surface area contributed by atoms with Gasteiger partial charge in [0.25, 0.3) is 0 Å². The second-order valence-corrected chi connectivity index (χ2v) is 6.13. The first-order valence-corrected chi connectivity index (χ1v) is 7.33. The first kappa shape index (κ1) is 14.6. The summed E-state index contributed by atoms with van der Waals surface area (Å²) in [5.41, 5.74) is 4.09. The molecule has 0 fully saturated rings. The third-order valence-corrected chi connectivity index (χ3v) is 4.18. The molecule has 1 N–H and O–H groups in total. The Kier molecular flexibility index (Phi) is 4.67. The summed E-state index contributed by atoms with van der Waals surface area (Å²) in [4.78, 5) is 0. The van der Waals surface area contributed by atoms with Gasteiger partial charge in [-0.3, -0.25) is 0 Å². The molecule has 100 valence electrons. The average Bonchev–Trinajstić information content (AvgIpc) is 2.36. The van der Waals surface area contributed by atoms with Crippen molar-refractivity contribution in [3.63, 3.8) is 0 Å². The van der Waals surface area contributed by atoms with Crippen LogP contribution in [0.4, 0.5) is 0 Å². The number of halogens is 2. The average molecular weight is 340 g/mol.